The maximum Gasteiger partial charge on any atom is 0.192 e. The summed E-state index contributed by atoms with van der Waals surface area (Å²) in [6.07, 6.45) is -0.446. The maximum atomic E-state index is 9.84. The summed E-state index contributed by atoms with van der Waals surface area (Å²) in [7, 11) is -1.74. The van der Waals surface area contributed by atoms with Gasteiger partial charge in [-0.25, -0.2) is 0 Å². The molecule has 1 N–H and O–H groups in total. The lowest BCUT2D eigenvalue weighted by Gasteiger charge is -2.36. The van der Waals surface area contributed by atoms with Crippen molar-refractivity contribution in [2.24, 2.45) is 0 Å². The lowest BCUT2D eigenvalue weighted by Crippen LogP contribution is -2.40. The molecule has 0 aliphatic carbocycles. The van der Waals surface area contributed by atoms with Crippen LogP contribution in [0.2, 0.25) is 18.1 Å². The second kappa shape index (κ2) is 5.78. The van der Waals surface area contributed by atoms with Crippen molar-refractivity contribution in [1.29, 1.82) is 0 Å². The van der Waals surface area contributed by atoms with Crippen molar-refractivity contribution in [2.75, 3.05) is 0 Å². The molecule has 0 aliphatic heterocycles. The van der Waals surface area contributed by atoms with Crippen molar-refractivity contribution in [2.45, 2.75) is 65.5 Å². The van der Waals surface area contributed by atoms with Crippen molar-refractivity contribution in [3.8, 4) is 0 Å². The molecule has 1 atom stereocenters. The average molecular weight is 280 g/mol. The number of hydrogen-bond donors (Lipinski definition) is 1. The lowest BCUT2D eigenvalue weighted by molar-refractivity contribution is 0.193. The largest absolute Gasteiger partial charge is 0.413 e. The molecule has 0 aromatic heterocycles. The van der Waals surface area contributed by atoms with Crippen molar-refractivity contribution in [3.63, 3.8) is 0 Å². The Bertz CT molecular complexity index is 431. The monoisotopic (exact) mass is 280 g/mol. The van der Waals surface area contributed by atoms with Gasteiger partial charge in [0.1, 0.15) is 0 Å². The van der Waals surface area contributed by atoms with E-state index in [-0.39, 0.29) is 5.04 Å². The summed E-state index contributed by atoms with van der Waals surface area (Å²) in [6, 6.07) is 6.16. The molecule has 0 spiro atoms. The zero-order valence-corrected chi connectivity index (χ0v) is 14.4. The van der Waals surface area contributed by atoms with Gasteiger partial charge in [0.2, 0.25) is 0 Å². The first-order valence-corrected chi connectivity index (χ1v) is 9.87. The number of rotatable bonds is 4. The number of hydrogen-bond acceptors (Lipinski definition) is 2. The van der Waals surface area contributed by atoms with Gasteiger partial charge in [0, 0.05) is 0 Å². The van der Waals surface area contributed by atoms with Crippen molar-refractivity contribution < 1.29 is 9.53 Å². The van der Waals surface area contributed by atoms with Crippen LogP contribution in [0, 0.1) is 6.92 Å². The first kappa shape index (κ1) is 16.4. The smallest absolute Gasteiger partial charge is 0.192 e. The van der Waals surface area contributed by atoms with Gasteiger partial charge in [0.05, 0.1) is 12.7 Å². The average Bonchev–Trinajstić information content (AvgIpc) is 2.24. The predicted molar refractivity (Wildman–Crippen MR) is 83.8 cm³/mol. The van der Waals surface area contributed by atoms with Crippen LogP contribution in [0.3, 0.4) is 0 Å². The Morgan fingerprint density at radius 3 is 2.32 bits per heavy atom. The number of aryl methyl sites for hydroxylation is 1. The van der Waals surface area contributed by atoms with Crippen LogP contribution in [0.25, 0.3) is 0 Å². The van der Waals surface area contributed by atoms with Gasteiger partial charge in [0.25, 0.3) is 0 Å². The van der Waals surface area contributed by atoms with Crippen LogP contribution in [0.4, 0.5) is 0 Å². The van der Waals surface area contributed by atoms with Crippen molar-refractivity contribution >= 4 is 8.32 Å². The molecule has 0 heterocycles. The molecule has 0 amide bonds. The molecule has 108 valence electrons. The van der Waals surface area contributed by atoms with Crippen LogP contribution in [0.5, 0.6) is 0 Å². The molecule has 2 nitrogen and oxygen atoms in total. The van der Waals surface area contributed by atoms with Gasteiger partial charge in [-0.2, -0.15) is 0 Å². The molecule has 0 unspecified atom stereocenters. The Kier molecular flexibility index (Phi) is 4.99. The molecule has 0 aliphatic rings. The zero-order valence-electron chi connectivity index (χ0n) is 13.4. The number of aliphatic hydroxyl groups excluding tert-OH is 1. The summed E-state index contributed by atoms with van der Waals surface area (Å²) in [4.78, 5) is 0. The molecular formula is C16H28O2Si. The molecule has 0 radical (unpaired) electrons. The molecule has 0 fully saturated rings. The molecule has 1 aromatic carbocycles. The summed E-state index contributed by atoms with van der Waals surface area (Å²) in [5, 5.41) is 10.1. The molecule has 3 heteroatoms. The summed E-state index contributed by atoms with van der Waals surface area (Å²) >= 11 is 0. The third kappa shape index (κ3) is 4.16. The fraction of sp³-hybridized carbons (Fsp3) is 0.625. The summed E-state index contributed by atoms with van der Waals surface area (Å²) in [5.41, 5.74) is 3.29. The van der Waals surface area contributed by atoms with E-state index in [1.54, 1.807) is 6.92 Å². The highest BCUT2D eigenvalue weighted by atomic mass is 28.4. The van der Waals surface area contributed by atoms with E-state index in [2.05, 4.69) is 46.9 Å². The van der Waals surface area contributed by atoms with E-state index < -0.39 is 14.4 Å². The van der Waals surface area contributed by atoms with Gasteiger partial charge in [-0.05, 0) is 43.1 Å². The normalized spacial score (nSPS) is 14.5. The van der Waals surface area contributed by atoms with Crippen LogP contribution in [-0.4, -0.2) is 13.4 Å². The second-order valence-corrected chi connectivity index (χ2v) is 11.7. The zero-order chi connectivity index (χ0) is 14.8. The minimum absolute atomic E-state index is 0.210. The van der Waals surface area contributed by atoms with Crippen LogP contribution in [0.15, 0.2) is 18.2 Å². The van der Waals surface area contributed by atoms with E-state index in [0.29, 0.717) is 6.61 Å². The summed E-state index contributed by atoms with van der Waals surface area (Å²) < 4.78 is 6.25. The number of benzene rings is 1. The minimum Gasteiger partial charge on any atom is -0.413 e. The SMILES string of the molecule is Cc1ccc([C@@H](C)O)c(CO[Si](C)(C)C(C)(C)C)c1. The highest BCUT2D eigenvalue weighted by Crippen LogP contribution is 2.37. The van der Waals surface area contributed by atoms with E-state index in [9.17, 15) is 5.11 Å². The van der Waals surface area contributed by atoms with Gasteiger partial charge in [-0.15, -0.1) is 0 Å². The van der Waals surface area contributed by atoms with Crippen molar-refractivity contribution in [1.82, 2.24) is 0 Å². The van der Waals surface area contributed by atoms with Crippen LogP contribution < -0.4 is 0 Å². The van der Waals surface area contributed by atoms with Gasteiger partial charge < -0.3 is 9.53 Å². The van der Waals surface area contributed by atoms with Gasteiger partial charge in [0.15, 0.2) is 8.32 Å². The maximum absolute atomic E-state index is 9.84. The minimum atomic E-state index is -1.74. The third-order valence-corrected chi connectivity index (χ3v) is 8.62. The van der Waals surface area contributed by atoms with Gasteiger partial charge >= 0.3 is 0 Å². The van der Waals surface area contributed by atoms with E-state index in [1.165, 1.54) is 5.56 Å². The van der Waals surface area contributed by atoms with Crippen LogP contribution in [-0.2, 0) is 11.0 Å². The third-order valence-electron chi connectivity index (χ3n) is 4.14. The standard InChI is InChI=1S/C16H28O2Si/c1-12-8-9-15(13(2)17)14(10-12)11-18-19(6,7)16(3,4)5/h8-10,13,17H,11H2,1-7H3/t13-/m1/s1. The Labute approximate surface area is 118 Å². The quantitative estimate of drug-likeness (QED) is 0.819. The highest BCUT2D eigenvalue weighted by Gasteiger charge is 2.37. The first-order valence-electron chi connectivity index (χ1n) is 6.96. The number of aliphatic hydroxyl groups is 1. The molecule has 1 aromatic rings. The Morgan fingerprint density at radius 1 is 1.26 bits per heavy atom. The van der Waals surface area contributed by atoms with Crippen LogP contribution >= 0.6 is 0 Å². The first-order chi connectivity index (χ1) is 8.54. The Balaban J connectivity index is 2.92. The molecule has 19 heavy (non-hydrogen) atoms. The van der Waals surface area contributed by atoms with Gasteiger partial charge in [-0.1, -0.05) is 44.5 Å². The predicted octanol–water partition coefficient (Wildman–Crippen LogP) is 4.57. The van der Waals surface area contributed by atoms with Gasteiger partial charge in [-0.3, -0.25) is 0 Å². The van der Waals surface area contributed by atoms with E-state index in [1.807, 2.05) is 12.1 Å². The molecular weight excluding hydrogens is 252 g/mol. The topological polar surface area (TPSA) is 29.5 Å². The van der Waals surface area contributed by atoms with E-state index >= 15 is 0 Å². The highest BCUT2D eigenvalue weighted by molar-refractivity contribution is 6.74. The Hall–Kier alpha value is -0.643. The van der Waals surface area contributed by atoms with E-state index in [0.717, 1.165) is 11.1 Å². The molecule has 0 saturated heterocycles. The van der Waals surface area contributed by atoms with Crippen molar-refractivity contribution in [3.05, 3.63) is 34.9 Å². The lowest BCUT2D eigenvalue weighted by atomic mass is 10.0. The van der Waals surface area contributed by atoms with Crippen LogP contribution in [0.1, 0.15) is 50.5 Å². The summed E-state index contributed by atoms with van der Waals surface area (Å²) in [5.74, 6) is 0. The Morgan fingerprint density at radius 2 is 1.84 bits per heavy atom. The molecule has 0 saturated carbocycles. The summed E-state index contributed by atoms with van der Waals surface area (Å²) in [6.45, 7) is 15.7. The fourth-order valence-corrected chi connectivity index (χ4v) is 2.69. The molecule has 0 bridgehead atoms. The fourth-order valence-electron chi connectivity index (χ4n) is 1.74. The molecule has 1 rings (SSSR count). The second-order valence-electron chi connectivity index (χ2n) is 6.93. The van der Waals surface area contributed by atoms with E-state index in [4.69, 9.17) is 4.43 Å².